The summed E-state index contributed by atoms with van der Waals surface area (Å²) < 4.78 is 6.81. The van der Waals surface area contributed by atoms with Gasteiger partial charge in [-0.15, -0.1) is 0 Å². The maximum Gasteiger partial charge on any atom is 0.296 e. The highest BCUT2D eigenvalue weighted by Crippen LogP contribution is 2.32. The summed E-state index contributed by atoms with van der Waals surface area (Å²) in [5.74, 6) is -0.212. The predicted molar refractivity (Wildman–Crippen MR) is 127 cm³/mol. The molecule has 3 rings (SSSR count). The number of nitro groups is 1. The quantitative estimate of drug-likeness (QED) is 0.223. The van der Waals surface area contributed by atoms with Gasteiger partial charge in [0, 0.05) is 22.1 Å². The normalized spacial score (nSPS) is 11.1. The number of nitrogens with zero attached hydrogens (tertiary/aromatic N) is 3. The van der Waals surface area contributed by atoms with E-state index in [1.165, 1.54) is 19.3 Å². The number of ether oxygens (including phenoxy) is 1. The molecule has 1 aromatic heterocycles. The van der Waals surface area contributed by atoms with Crippen LogP contribution in [-0.4, -0.2) is 22.5 Å². The van der Waals surface area contributed by atoms with Crippen LogP contribution in [0.5, 0.6) is 5.75 Å². The van der Waals surface area contributed by atoms with Crippen LogP contribution in [0.4, 0.5) is 11.4 Å². The Balaban J connectivity index is 2.03. The summed E-state index contributed by atoms with van der Waals surface area (Å²) in [5.41, 5.74) is 3.36. The minimum atomic E-state index is -0.580. The van der Waals surface area contributed by atoms with Crippen molar-refractivity contribution in [2.45, 2.75) is 20.8 Å². The van der Waals surface area contributed by atoms with Crippen LogP contribution in [0.2, 0.25) is 5.02 Å². The zero-order chi connectivity index (χ0) is 24.3. The number of rotatable bonds is 6. The Morgan fingerprint density at radius 3 is 2.58 bits per heavy atom. The van der Waals surface area contributed by atoms with Gasteiger partial charge in [-0.2, -0.15) is 5.26 Å². The van der Waals surface area contributed by atoms with Crippen LogP contribution in [0.3, 0.4) is 0 Å². The molecule has 0 saturated heterocycles. The monoisotopic (exact) mass is 464 g/mol. The Kier molecular flexibility index (Phi) is 6.85. The number of anilines is 1. The fourth-order valence-corrected chi connectivity index (χ4v) is 3.66. The fraction of sp³-hybridized carbons (Fsp3) is 0.167. The number of aromatic nitrogens is 1. The van der Waals surface area contributed by atoms with Gasteiger partial charge in [0.25, 0.3) is 11.6 Å². The second-order valence-corrected chi connectivity index (χ2v) is 7.79. The summed E-state index contributed by atoms with van der Waals surface area (Å²) in [6, 6.07) is 13.4. The number of amides is 1. The Bertz CT molecular complexity index is 1330. The highest BCUT2D eigenvalue weighted by atomic mass is 35.5. The van der Waals surface area contributed by atoms with E-state index in [0.717, 1.165) is 5.56 Å². The van der Waals surface area contributed by atoms with E-state index >= 15 is 0 Å². The molecule has 9 heteroatoms. The highest BCUT2D eigenvalue weighted by Gasteiger charge is 2.21. The average molecular weight is 465 g/mol. The average Bonchev–Trinajstić information content (AvgIpc) is 3.06. The first kappa shape index (κ1) is 23.6. The van der Waals surface area contributed by atoms with E-state index in [2.05, 4.69) is 5.32 Å². The van der Waals surface area contributed by atoms with Gasteiger partial charge in [-0.3, -0.25) is 14.9 Å². The predicted octanol–water partition coefficient (Wildman–Crippen LogP) is 5.52. The molecule has 1 N–H and O–H groups in total. The van der Waals surface area contributed by atoms with Gasteiger partial charge in [-0.1, -0.05) is 17.7 Å². The van der Waals surface area contributed by atoms with Crippen molar-refractivity contribution in [3.8, 4) is 17.5 Å². The highest BCUT2D eigenvalue weighted by molar-refractivity contribution is 6.31. The summed E-state index contributed by atoms with van der Waals surface area (Å²) in [6.45, 7) is 5.37. The molecular formula is C24H21ClN4O4. The van der Waals surface area contributed by atoms with Crippen molar-refractivity contribution < 1.29 is 14.5 Å². The van der Waals surface area contributed by atoms with Crippen molar-refractivity contribution in [2.24, 2.45) is 0 Å². The third-order valence-corrected chi connectivity index (χ3v) is 5.44. The number of halogens is 1. The van der Waals surface area contributed by atoms with Gasteiger partial charge >= 0.3 is 0 Å². The van der Waals surface area contributed by atoms with Gasteiger partial charge in [-0.25, -0.2) is 0 Å². The zero-order valence-electron chi connectivity index (χ0n) is 18.5. The minimum Gasteiger partial charge on any atom is -0.496 e. The van der Waals surface area contributed by atoms with E-state index in [1.54, 1.807) is 54.8 Å². The molecule has 8 nitrogen and oxygen atoms in total. The van der Waals surface area contributed by atoms with Crippen molar-refractivity contribution in [2.75, 3.05) is 12.4 Å². The van der Waals surface area contributed by atoms with Gasteiger partial charge in [0.05, 0.1) is 18.1 Å². The standard InChI is InChI=1S/C24H21ClN4O4/c1-14-5-6-19(25)11-21(14)27-24(30)18(13-26)10-17-9-15(2)28(16(17)3)22-8-7-20(33-4)12-23(22)29(31)32/h5-12H,1-4H3,(H,27,30)/b18-10+. The molecule has 0 atom stereocenters. The Labute approximate surface area is 195 Å². The van der Waals surface area contributed by atoms with Crippen LogP contribution < -0.4 is 10.1 Å². The molecule has 1 amide bonds. The molecule has 0 aliphatic heterocycles. The molecule has 0 unspecified atom stereocenters. The molecule has 0 bridgehead atoms. The number of nitriles is 1. The van der Waals surface area contributed by atoms with Crippen LogP contribution in [0.1, 0.15) is 22.5 Å². The van der Waals surface area contributed by atoms with Crippen LogP contribution in [0.25, 0.3) is 11.8 Å². The molecule has 1 heterocycles. The van der Waals surface area contributed by atoms with Crippen LogP contribution >= 0.6 is 11.6 Å². The minimum absolute atomic E-state index is 0.112. The molecular weight excluding hydrogens is 444 g/mol. The molecule has 0 radical (unpaired) electrons. The Morgan fingerprint density at radius 2 is 1.94 bits per heavy atom. The molecule has 168 valence electrons. The van der Waals surface area contributed by atoms with Gasteiger partial charge in [0.2, 0.25) is 0 Å². The number of nitrogens with one attached hydrogen (secondary N) is 1. The lowest BCUT2D eigenvalue weighted by Gasteiger charge is -2.11. The second-order valence-electron chi connectivity index (χ2n) is 7.36. The van der Waals surface area contributed by atoms with Crippen molar-refractivity contribution in [3.63, 3.8) is 0 Å². The van der Waals surface area contributed by atoms with E-state index in [-0.39, 0.29) is 11.3 Å². The largest absolute Gasteiger partial charge is 0.496 e. The number of carbonyl (C=O) groups is 1. The van der Waals surface area contributed by atoms with E-state index in [9.17, 15) is 20.2 Å². The number of benzene rings is 2. The van der Waals surface area contributed by atoms with Crippen LogP contribution in [0.15, 0.2) is 48.0 Å². The van der Waals surface area contributed by atoms with Gasteiger partial charge < -0.3 is 14.6 Å². The summed E-state index contributed by atoms with van der Waals surface area (Å²) >= 11 is 6.01. The first-order valence-electron chi connectivity index (χ1n) is 9.87. The topological polar surface area (TPSA) is 110 Å². The molecule has 3 aromatic rings. The number of carbonyl (C=O) groups excluding carboxylic acids is 1. The summed E-state index contributed by atoms with van der Waals surface area (Å²) in [7, 11) is 1.44. The molecule has 33 heavy (non-hydrogen) atoms. The molecule has 0 fully saturated rings. The molecule has 0 saturated carbocycles. The van der Waals surface area contributed by atoms with E-state index in [1.807, 2.05) is 13.0 Å². The Hall–Kier alpha value is -4.09. The number of aryl methyl sites for hydroxylation is 2. The number of hydrogen-bond donors (Lipinski definition) is 1. The molecule has 0 aliphatic carbocycles. The van der Waals surface area contributed by atoms with Crippen LogP contribution in [0, 0.1) is 42.2 Å². The van der Waals surface area contributed by atoms with Gasteiger partial charge in [0.1, 0.15) is 23.1 Å². The second kappa shape index (κ2) is 9.59. The van der Waals surface area contributed by atoms with Crippen molar-refractivity contribution in [1.82, 2.24) is 4.57 Å². The van der Waals surface area contributed by atoms with E-state index in [4.69, 9.17) is 16.3 Å². The van der Waals surface area contributed by atoms with Crippen molar-refractivity contribution in [3.05, 3.63) is 85.7 Å². The fourth-order valence-electron chi connectivity index (χ4n) is 3.49. The SMILES string of the molecule is COc1ccc(-n2c(C)cc(/C=C(\C#N)C(=O)Nc3cc(Cl)ccc3C)c2C)c([N+](=O)[O-])c1. The third kappa shape index (κ3) is 4.89. The third-order valence-electron chi connectivity index (χ3n) is 5.20. The number of nitro benzene ring substituents is 1. The lowest BCUT2D eigenvalue weighted by atomic mass is 10.1. The molecule has 0 spiro atoms. The lowest BCUT2D eigenvalue weighted by Crippen LogP contribution is -2.14. The summed E-state index contributed by atoms with van der Waals surface area (Å²) in [4.78, 5) is 23.9. The van der Waals surface area contributed by atoms with Crippen molar-refractivity contribution >= 4 is 35.0 Å². The summed E-state index contributed by atoms with van der Waals surface area (Å²) in [5, 5.41) is 24.4. The van der Waals surface area contributed by atoms with Gasteiger partial charge in [-0.05, 0) is 68.3 Å². The zero-order valence-corrected chi connectivity index (χ0v) is 19.2. The first-order chi connectivity index (χ1) is 15.7. The van der Waals surface area contributed by atoms with E-state index < -0.39 is 10.8 Å². The summed E-state index contributed by atoms with van der Waals surface area (Å²) in [6.07, 6.45) is 1.46. The van der Waals surface area contributed by atoms with Gasteiger partial charge in [0.15, 0.2) is 0 Å². The maximum atomic E-state index is 12.7. The lowest BCUT2D eigenvalue weighted by molar-refractivity contribution is -0.384. The number of hydrogen-bond acceptors (Lipinski definition) is 5. The molecule has 2 aromatic carbocycles. The maximum absolute atomic E-state index is 12.7. The van der Waals surface area contributed by atoms with E-state index in [0.29, 0.717) is 39.1 Å². The van der Waals surface area contributed by atoms with Crippen molar-refractivity contribution in [1.29, 1.82) is 5.26 Å². The Morgan fingerprint density at radius 1 is 1.21 bits per heavy atom. The smallest absolute Gasteiger partial charge is 0.296 e. The number of methoxy groups -OCH3 is 1. The molecule has 0 aliphatic rings. The van der Waals surface area contributed by atoms with Crippen LogP contribution in [-0.2, 0) is 4.79 Å². The first-order valence-corrected chi connectivity index (χ1v) is 10.2.